The maximum atomic E-state index is 12.3. The van der Waals surface area contributed by atoms with Crippen molar-refractivity contribution in [2.45, 2.75) is 29.3 Å². The maximum Gasteiger partial charge on any atom is 0.446 e. The quantitative estimate of drug-likeness (QED) is 0.843. The lowest BCUT2D eigenvalue weighted by molar-refractivity contribution is -0.0328. The first-order valence-corrected chi connectivity index (χ1v) is 7.52. The van der Waals surface area contributed by atoms with Crippen LogP contribution in [0.4, 0.5) is 13.2 Å². The molecule has 0 radical (unpaired) electrons. The Hall–Kier alpha value is -0.920. The second kappa shape index (κ2) is 8.08. The summed E-state index contributed by atoms with van der Waals surface area (Å²) in [6.07, 6.45) is 1.79. The molecule has 1 aromatic carbocycles. The number of piperidine rings is 1. The Bertz CT molecular complexity index is 490. The molecular formula is C14H18ClF3N2OS. The van der Waals surface area contributed by atoms with Gasteiger partial charge in [-0.05, 0) is 62.0 Å². The molecule has 124 valence electrons. The Morgan fingerprint density at radius 1 is 1.23 bits per heavy atom. The molecule has 8 heteroatoms. The van der Waals surface area contributed by atoms with E-state index in [1.807, 2.05) is 0 Å². The summed E-state index contributed by atoms with van der Waals surface area (Å²) in [4.78, 5) is 14.1. The summed E-state index contributed by atoms with van der Waals surface area (Å²) in [5.41, 5.74) is -3.89. The molecule has 0 aromatic heterocycles. The van der Waals surface area contributed by atoms with E-state index in [-0.39, 0.29) is 41.0 Å². The third-order valence-corrected chi connectivity index (χ3v) is 4.25. The van der Waals surface area contributed by atoms with Crippen LogP contribution in [0.1, 0.15) is 23.2 Å². The molecule has 1 aliphatic heterocycles. The van der Waals surface area contributed by atoms with Crippen LogP contribution in [0, 0.1) is 0 Å². The molecule has 0 spiro atoms. The van der Waals surface area contributed by atoms with Crippen molar-refractivity contribution in [3.05, 3.63) is 29.8 Å². The van der Waals surface area contributed by atoms with Crippen LogP contribution in [-0.2, 0) is 0 Å². The summed E-state index contributed by atoms with van der Waals surface area (Å²) < 4.78 is 36.8. The zero-order valence-corrected chi connectivity index (χ0v) is 13.7. The number of hydrogen-bond acceptors (Lipinski definition) is 3. The SMILES string of the molecule is CN(C(=O)c1ccc(SC(F)(F)F)cc1)C1CCNCC1.Cl. The molecule has 1 aliphatic rings. The molecule has 1 aromatic rings. The predicted octanol–water partition coefficient (Wildman–Crippen LogP) is 3.54. The normalized spacial score (nSPS) is 16.0. The van der Waals surface area contributed by atoms with Crippen LogP contribution in [0.2, 0.25) is 0 Å². The minimum absolute atomic E-state index is 0. The van der Waals surface area contributed by atoms with Crippen LogP contribution in [-0.4, -0.2) is 42.5 Å². The van der Waals surface area contributed by atoms with Gasteiger partial charge in [-0.2, -0.15) is 13.2 Å². The number of nitrogens with one attached hydrogen (secondary N) is 1. The van der Waals surface area contributed by atoms with Gasteiger partial charge in [0.25, 0.3) is 5.91 Å². The molecule has 0 atom stereocenters. The Morgan fingerprint density at radius 3 is 2.27 bits per heavy atom. The average molecular weight is 355 g/mol. The lowest BCUT2D eigenvalue weighted by Gasteiger charge is -2.31. The number of hydrogen-bond donors (Lipinski definition) is 1. The summed E-state index contributed by atoms with van der Waals surface area (Å²) in [5, 5.41) is 3.23. The van der Waals surface area contributed by atoms with Gasteiger partial charge >= 0.3 is 5.51 Å². The number of carbonyl (C=O) groups is 1. The second-order valence-electron chi connectivity index (χ2n) is 4.97. The minimum Gasteiger partial charge on any atom is -0.339 e. The third-order valence-electron chi connectivity index (χ3n) is 3.51. The van der Waals surface area contributed by atoms with Crippen molar-refractivity contribution in [2.24, 2.45) is 0 Å². The second-order valence-corrected chi connectivity index (χ2v) is 6.11. The molecule has 1 amide bonds. The first kappa shape index (κ1) is 19.1. The Labute approximate surface area is 138 Å². The number of amides is 1. The van der Waals surface area contributed by atoms with E-state index in [9.17, 15) is 18.0 Å². The Morgan fingerprint density at radius 2 is 1.77 bits per heavy atom. The van der Waals surface area contributed by atoms with E-state index in [1.54, 1.807) is 11.9 Å². The average Bonchev–Trinajstić information content (AvgIpc) is 2.46. The van der Waals surface area contributed by atoms with Crippen molar-refractivity contribution in [2.75, 3.05) is 20.1 Å². The highest BCUT2D eigenvalue weighted by Crippen LogP contribution is 2.36. The van der Waals surface area contributed by atoms with Crippen molar-refractivity contribution in [1.29, 1.82) is 0 Å². The molecular weight excluding hydrogens is 337 g/mol. The number of alkyl halides is 3. The van der Waals surface area contributed by atoms with Gasteiger partial charge < -0.3 is 10.2 Å². The molecule has 22 heavy (non-hydrogen) atoms. The van der Waals surface area contributed by atoms with Gasteiger partial charge in [-0.25, -0.2) is 0 Å². The van der Waals surface area contributed by atoms with E-state index in [1.165, 1.54) is 24.3 Å². The first-order valence-electron chi connectivity index (χ1n) is 6.70. The largest absolute Gasteiger partial charge is 0.446 e. The van der Waals surface area contributed by atoms with Gasteiger partial charge in [-0.15, -0.1) is 12.4 Å². The first-order chi connectivity index (χ1) is 9.87. The molecule has 0 aliphatic carbocycles. The smallest absolute Gasteiger partial charge is 0.339 e. The summed E-state index contributed by atoms with van der Waals surface area (Å²) >= 11 is -0.176. The molecule has 0 bridgehead atoms. The Balaban J connectivity index is 0.00000242. The van der Waals surface area contributed by atoms with E-state index in [4.69, 9.17) is 0 Å². The summed E-state index contributed by atoms with van der Waals surface area (Å²) in [6.45, 7) is 1.76. The van der Waals surface area contributed by atoms with Crippen molar-refractivity contribution < 1.29 is 18.0 Å². The summed E-state index contributed by atoms with van der Waals surface area (Å²) in [5.74, 6) is -0.148. The molecule has 0 unspecified atom stereocenters. The summed E-state index contributed by atoms with van der Waals surface area (Å²) in [7, 11) is 1.75. The van der Waals surface area contributed by atoms with Crippen molar-refractivity contribution >= 4 is 30.1 Å². The fourth-order valence-corrected chi connectivity index (χ4v) is 2.90. The Kier molecular flexibility index (Phi) is 7.02. The van der Waals surface area contributed by atoms with Gasteiger partial charge in [0.2, 0.25) is 0 Å². The number of rotatable bonds is 3. The minimum atomic E-state index is -4.31. The molecule has 1 saturated heterocycles. The van der Waals surface area contributed by atoms with Gasteiger partial charge in [-0.1, -0.05) is 0 Å². The van der Waals surface area contributed by atoms with E-state index in [0.717, 1.165) is 25.9 Å². The highest BCUT2D eigenvalue weighted by molar-refractivity contribution is 8.00. The highest BCUT2D eigenvalue weighted by atomic mass is 35.5. The van der Waals surface area contributed by atoms with Crippen LogP contribution in [0.15, 0.2) is 29.2 Å². The van der Waals surface area contributed by atoms with Crippen LogP contribution < -0.4 is 5.32 Å². The van der Waals surface area contributed by atoms with Crippen LogP contribution >= 0.6 is 24.2 Å². The van der Waals surface area contributed by atoms with Crippen LogP contribution in [0.25, 0.3) is 0 Å². The number of benzene rings is 1. The monoisotopic (exact) mass is 354 g/mol. The zero-order valence-electron chi connectivity index (χ0n) is 12.0. The molecule has 1 fully saturated rings. The zero-order chi connectivity index (χ0) is 15.5. The predicted molar refractivity (Wildman–Crippen MR) is 83.6 cm³/mol. The van der Waals surface area contributed by atoms with E-state index in [2.05, 4.69) is 5.32 Å². The van der Waals surface area contributed by atoms with Crippen molar-refractivity contribution in [1.82, 2.24) is 10.2 Å². The number of carbonyl (C=O) groups excluding carboxylic acids is 1. The molecule has 1 heterocycles. The molecule has 3 nitrogen and oxygen atoms in total. The standard InChI is InChI=1S/C14H17F3N2OS.ClH/c1-19(11-6-8-18-9-7-11)13(20)10-2-4-12(5-3-10)21-14(15,16)17;/h2-5,11,18H,6-9H2,1H3;1H. The van der Waals surface area contributed by atoms with Crippen molar-refractivity contribution in [3.8, 4) is 0 Å². The number of thioether (sulfide) groups is 1. The van der Waals surface area contributed by atoms with Gasteiger partial charge in [0.15, 0.2) is 0 Å². The highest BCUT2D eigenvalue weighted by Gasteiger charge is 2.29. The fraction of sp³-hybridized carbons (Fsp3) is 0.500. The van der Waals surface area contributed by atoms with Crippen LogP contribution in [0.3, 0.4) is 0 Å². The number of halogens is 4. The number of nitrogens with zero attached hydrogens (tertiary/aromatic N) is 1. The fourth-order valence-electron chi connectivity index (χ4n) is 2.36. The molecule has 0 saturated carbocycles. The van der Waals surface area contributed by atoms with E-state index < -0.39 is 5.51 Å². The lowest BCUT2D eigenvalue weighted by atomic mass is 10.0. The molecule has 1 N–H and O–H groups in total. The summed E-state index contributed by atoms with van der Waals surface area (Å²) in [6, 6.07) is 5.76. The van der Waals surface area contributed by atoms with Gasteiger partial charge in [-0.3, -0.25) is 4.79 Å². The van der Waals surface area contributed by atoms with Crippen molar-refractivity contribution in [3.63, 3.8) is 0 Å². The lowest BCUT2D eigenvalue weighted by Crippen LogP contribution is -2.43. The topological polar surface area (TPSA) is 32.3 Å². The van der Waals surface area contributed by atoms with Crippen LogP contribution in [0.5, 0.6) is 0 Å². The maximum absolute atomic E-state index is 12.3. The third kappa shape index (κ3) is 5.37. The molecule has 2 rings (SSSR count). The van der Waals surface area contributed by atoms with Gasteiger partial charge in [0.1, 0.15) is 0 Å². The van der Waals surface area contributed by atoms with Gasteiger partial charge in [0.05, 0.1) is 0 Å². The van der Waals surface area contributed by atoms with E-state index >= 15 is 0 Å². The van der Waals surface area contributed by atoms with E-state index in [0.29, 0.717) is 5.56 Å². The van der Waals surface area contributed by atoms with Gasteiger partial charge in [0, 0.05) is 23.5 Å².